The first-order valence-electron chi connectivity index (χ1n) is 3.34. The summed E-state index contributed by atoms with van der Waals surface area (Å²) in [7, 11) is 3.99. The van der Waals surface area contributed by atoms with E-state index < -0.39 is 0 Å². The molecule has 0 unspecified atom stereocenters. The Bertz CT molecular complexity index is 96.5. The monoisotopic (exact) mass is 129 g/mol. The van der Waals surface area contributed by atoms with E-state index in [2.05, 4.69) is 5.43 Å². The maximum absolute atomic E-state index is 5.53. The van der Waals surface area contributed by atoms with Gasteiger partial charge in [-0.05, 0) is 12.8 Å². The zero-order valence-corrected chi connectivity index (χ0v) is 6.15. The molecule has 0 saturated heterocycles. The predicted octanol–water partition coefficient (Wildman–Crippen LogP) is -0.456. The molecular weight excluding hydrogens is 114 g/mol. The number of hydrazine groups is 1. The third kappa shape index (κ3) is 1.64. The Labute approximate surface area is 56.2 Å². The van der Waals surface area contributed by atoms with Crippen molar-refractivity contribution in [3.05, 3.63) is 0 Å². The third-order valence-corrected chi connectivity index (χ3v) is 1.71. The van der Waals surface area contributed by atoms with Gasteiger partial charge in [0.25, 0.3) is 0 Å². The highest BCUT2D eigenvalue weighted by atomic mass is 15.5. The van der Waals surface area contributed by atoms with Gasteiger partial charge in [0, 0.05) is 26.2 Å². The molecule has 54 valence electrons. The lowest BCUT2D eigenvalue weighted by atomic mass is 10.3. The maximum atomic E-state index is 5.53. The SMILES string of the molecule is CN(C)NC1(CN)CC1. The van der Waals surface area contributed by atoms with Crippen molar-refractivity contribution in [1.82, 2.24) is 10.4 Å². The lowest BCUT2D eigenvalue weighted by molar-refractivity contribution is 0.232. The molecule has 0 aromatic rings. The van der Waals surface area contributed by atoms with Crippen LogP contribution in [0.15, 0.2) is 0 Å². The van der Waals surface area contributed by atoms with Crippen LogP contribution < -0.4 is 11.2 Å². The number of hydrogen-bond acceptors (Lipinski definition) is 3. The van der Waals surface area contributed by atoms with Gasteiger partial charge in [-0.1, -0.05) is 0 Å². The Morgan fingerprint density at radius 2 is 2.11 bits per heavy atom. The molecular formula is C6H15N3. The second-order valence-corrected chi connectivity index (χ2v) is 2.99. The Morgan fingerprint density at radius 3 is 2.22 bits per heavy atom. The van der Waals surface area contributed by atoms with Gasteiger partial charge in [-0.25, -0.2) is 5.43 Å². The van der Waals surface area contributed by atoms with E-state index >= 15 is 0 Å². The van der Waals surface area contributed by atoms with Crippen molar-refractivity contribution in [1.29, 1.82) is 0 Å². The molecule has 9 heavy (non-hydrogen) atoms. The summed E-state index contributed by atoms with van der Waals surface area (Å²) >= 11 is 0. The van der Waals surface area contributed by atoms with Crippen LogP contribution in [0.5, 0.6) is 0 Å². The molecule has 1 rings (SSSR count). The molecule has 3 heteroatoms. The number of nitrogens with two attached hydrogens (primary N) is 1. The highest BCUT2D eigenvalue weighted by Crippen LogP contribution is 2.33. The molecule has 0 heterocycles. The highest BCUT2D eigenvalue weighted by molar-refractivity contribution is 5.01. The topological polar surface area (TPSA) is 41.3 Å². The zero-order valence-electron chi connectivity index (χ0n) is 6.15. The van der Waals surface area contributed by atoms with Crippen LogP contribution in [-0.2, 0) is 0 Å². The fourth-order valence-electron chi connectivity index (χ4n) is 0.987. The average Bonchev–Trinajstić information content (AvgIpc) is 2.48. The van der Waals surface area contributed by atoms with E-state index in [1.165, 1.54) is 12.8 Å². The Balaban J connectivity index is 2.25. The van der Waals surface area contributed by atoms with Gasteiger partial charge in [-0.3, -0.25) is 5.01 Å². The smallest absolute Gasteiger partial charge is 0.0449 e. The molecule has 0 atom stereocenters. The van der Waals surface area contributed by atoms with Gasteiger partial charge in [0.2, 0.25) is 0 Å². The Morgan fingerprint density at radius 1 is 1.56 bits per heavy atom. The van der Waals surface area contributed by atoms with Crippen LogP contribution >= 0.6 is 0 Å². The van der Waals surface area contributed by atoms with Crippen LogP contribution in [0, 0.1) is 0 Å². The standard InChI is InChI=1S/C6H15N3/c1-9(2)8-6(5-7)3-4-6/h8H,3-5,7H2,1-2H3. The number of nitrogens with zero attached hydrogens (tertiary/aromatic N) is 1. The molecule has 1 fully saturated rings. The summed E-state index contributed by atoms with van der Waals surface area (Å²) in [6.07, 6.45) is 2.45. The van der Waals surface area contributed by atoms with Crippen molar-refractivity contribution in [2.24, 2.45) is 5.73 Å². The molecule has 1 aliphatic carbocycles. The van der Waals surface area contributed by atoms with Gasteiger partial charge < -0.3 is 5.73 Å². The average molecular weight is 129 g/mol. The molecule has 0 aromatic heterocycles. The van der Waals surface area contributed by atoms with E-state index in [1.807, 2.05) is 19.1 Å². The summed E-state index contributed by atoms with van der Waals surface area (Å²) in [5.41, 5.74) is 9.08. The molecule has 0 amide bonds. The van der Waals surface area contributed by atoms with Gasteiger partial charge in [-0.15, -0.1) is 0 Å². The van der Waals surface area contributed by atoms with Crippen molar-refractivity contribution < 1.29 is 0 Å². The predicted molar refractivity (Wildman–Crippen MR) is 37.8 cm³/mol. The molecule has 0 bridgehead atoms. The van der Waals surface area contributed by atoms with E-state index in [-0.39, 0.29) is 5.54 Å². The lowest BCUT2D eigenvalue weighted by Gasteiger charge is -2.20. The lowest BCUT2D eigenvalue weighted by Crippen LogP contribution is -2.46. The first-order chi connectivity index (χ1) is 4.18. The van der Waals surface area contributed by atoms with E-state index in [0.717, 1.165) is 6.54 Å². The van der Waals surface area contributed by atoms with E-state index in [1.54, 1.807) is 0 Å². The van der Waals surface area contributed by atoms with Crippen LogP contribution in [0.25, 0.3) is 0 Å². The minimum atomic E-state index is 0.267. The Hall–Kier alpha value is -0.120. The Kier molecular flexibility index (Phi) is 1.75. The highest BCUT2D eigenvalue weighted by Gasteiger charge is 2.41. The number of rotatable bonds is 3. The first kappa shape index (κ1) is 6.99. The summed E-state index contributed by atoms with van der Waals surface area (Å²) in [5, 5.41) is 1.97. The number of hydrogen-bond donors (Lipinski definition) is 2. The van der Waals surface area contributed by atoms with Gasteiger partial charge in [0.05, 0.1) is 0 Å². The first-order valence-corrected chi connectivity index (χ1v) is 3.34. The molecule has 0 spiro atoms. The summed E-state index contributed by atoms with van der Waals surface area (Å²) in [4.78, 5) is 0. The van der Waals surface area contributed by atoms with Gasteiger partial charge in [0.1, 0.15) is 0 Å². The van der Waals surface area contributed by atoms with Crippen LogP contribution in [0.4, 0.5) is 0 Å². The van der Waals surface area contributed by atoms with Crippen molar-refractivity contribution in [3.8, 4) is 0 Å². The molecule has 1 saturated carbocycles. The third-order valence-electron chi connectivity index (χ3n) is 1.71. The fourth-order valence-corrected chi connectivity index (χ4v) is 0.987. The summed E-state index contributed by atoms with van der Waals surface area (Å²) in [6.45, 7) is 0.755. The van der Waals surface area contributed by atoms with E-state index in [0.29, 0.717) is 0 Å². The normalized spacial score (nSPS) is 22.7. The van der Waals surface area contributed by atoms with Crippen molar-refractivity contribution in [2.45, 2.75) is 18.4 Å². The fraction of sp³-hybridized carbons (Fsp3) is 1.00. The maximum Gasteiger partial charge on any atom is 0.0449 e. The molecule has 3 N–H and O–H groups in total. The van der Waals surface area contributed by atoms with Gasteiger partial charge in [-0.2, -0.15) is 0 Å². The summed E-state index contributed by atoms with van der Waals surface area (Å²) in [6, 6.07) is 0. The largest absolute Gasteiger partial charge is 0.329 e. The van der Waals surface area contributed by atoms with Crippen LogP contribution in [0.3, 0.4) is 0 Å². The van der Waals surface area contributed by atoms with Gasteiger partial charge >= 0.3 is 0 Å². The molecule has 0 radical (unpaired) electrons. The summed E-state index contributed by atoms with van der Waals surface area (Å²) in [5.74, 6) is 0. The van der Waals surface area contributed by atoms with Crippen molar-refractivity contribution >= 4 is 0 Å². The molecule has 0 aliphatic heterocycles. The quantitative estimate of drug-likeness (QED) is 0.507. The molecule has 3 nitrogen and oxygen atoms in total. The minimum absolute atomic E-state index is 0.267. The zero-order chi connectivity index (χ0) is 6.91. The van der Waals surface area contributed by atoms with E-state index in [4.69, 9.17) is 5.73 Å². The molecule has 1 aliphatic rings. The number of nitrogens with one attached hydrogen (secondary N) is 1. The van der Waals surface area contributed by atoms with Gasteiger partial charge in [0.15, 0.2) is 0 Å². The van der Waals surface area contributed by atoms with Crippen LogP contribution in [-0.4, -0.2) is 31.2 Å². The second kappa shape index (κ2) is 2.25. The summed E-state index contributed by atoms with van der Waals surface area (Å²) < 4.78 is 0. The van der Waals surface area contributed by atoms with E-state index in [9.17, 15) is 0 Å². The molecule has 0 aromatic carbocycles. The van der Waals surface area contributed by atoms with Crippen LogP contribution in [0.2, 0.25) is 0 Å². The van der Waals surface area contributed by atoms with Crippen molar-refractivity contribution in [3.63, 3.8) is 0 Å². The second-order valence-electron chi connectivity index (χ2n) is 2.99. The van der Waals surface area contributed by atoms with Crippen LogP contribution in [0.1, 0.15) is 12.8 Å². The van der Waals surface area contributed by atoms with Crippen molar-refractivity contribution in [2.75, 3.05) is 20.6 Å². The minimum Gasteiger partial charge on any atom is -0.329 e.